The molecule has 5 heteroatoms. The molecular weight excluding hydrogens is 497 g/mol. The molecule has 0 aromatic carbocycles. The topological polar surface area (TPSA) is 38.7 Å². The van der Waals surface area contributed by atoms with Crippen LogP contribution in [0.25, 0.3) is 22.4 Å². The molecule has 0 bridgehead atoms. The van der Waals surface area contributed by atoms with Gasteiger partial charge in [-0.2, -0.15) is 0 Å². The molecule has 0 amide bonds. The molecule has 20 heavy (non-hydrogen) atoms. The molecule has 0 saturated heterocycles. The third kappa shape index (κ3) is 3.59. The van der Waals surface area contributed by atoms with E-state index in [2.05, 4.69) is 15.0 Å². The van der Waals surface area contributed by atoms with E-state index < -0.39 is 0 Å². The Labute approximate surface area is 142 Å². The van der Waals surface area contributed by atoms with Gasteiger partial charge in [0, 0.05) is 68.7 Å². The second-order valence-corrected chi connectivity index (χ2v) is 3.88. The van der Waals surface area contributed by atoms with Gasteiger partial charge in [-0.05, 0) is 24.3 Å². The van der Waals surface area contributed by atoms with Crippen molar-refractivity contribution in [3.63, 3.8) is 0 Å². The standard InChI is InChI=1S/C15H11N3.BrH.Pt/c1-4-12(10-16-7-1)14-6-3-9-18-15(14)13-5-2-8-17-11-13;;/h1-11H;1H;. The molecule has 3 rings (SSSR count). The fourth-order valence-corrected chi connectivity index (χ4v) is 1.89. The maximum Gasteiger partial charge on any atom is 0.0796 e. The average Bonchev–Trinajstić information content (AvgIpc) is 2.49. The fourth-order valence-electron chi connectivity index (χ4n) is 1.89. The van der Waals surface area contributed by atoms with E-state index in [9.17, 15) is 0 Å². The van der Waals surface area contributed by atoms with Crippen molar-refractivity contribution in [1.82, 2.24) is 15.0 Å². The molecule has 0 fully saturated rings. The molecule has 3 nitrogen and oxygen atoms in total. The second kappa shape index (κ2) is 8.03. The molecule has 3 aromatic heterocycles. The van der Waals surface area contributed by atoms with Crippen molar-refractivity contribution >= 4 is 17.0 Å². The van der Waals surface area contributed by atoms with Gasteiger partial charge in [-0.25, -0.2) is 0 Å². The molecule has 3 heterocycles. The van der Waals surface area contributed by atoms with Gasteiger partial charge in [-0.1, -0.05) is 12.1 Å². The minimum absolute atomic E-state index is 0. The summed E-state index contributed by atoms with van der Waals surface area (Å²) in [7, 11) is 0. The van der Waals surface area contributed by atoms with Gasteiger partial charge in [-0.3, -0.25) is 15.0 Å². The molecule has 0 unspecified atom stereocenters. The molecule has 3 aromatic rings. The number of hydrogen-bond donors (Lipinski definition) is 0. The SMILES string of the molecule is Br.[Pt].c1cncc(-c2cccnc2-c2cccnc2)c1. The summed E-state index contributed by atoms with van der Waals surface area (Å²) in [5.41, 5.74) is 4.07. The Kier molecular flexibility index (Phi) is 6.69. The number of aromatic nitrogens is 3. The quantitative estimate of drug-likeness (QED) is 0.528. The van der Waals surface area contributed by atoms with E-state index in [1.807, 2.05) is 48.8 Å². The van der Waals surface area contributed by atoms with E-state index in [1.165, 1.54) is 0 Å². The first-order valence-electron chi connectivity index (χ1n) is 5.71. The van der Waals surface area contributed by atoms with Crippen LogP contribution in [-0.2, 0) is 21.1 Å². The Bertz CT molecular complexity index is 589. The summed E-state index contributed by atoms with van der Waals surface area (Å²) in [4.78, 5) is 12.8. The molecule has 0 N–H and O–H groups in total. The summed E-state index contributed by atoms with van der Waals surface area (Å²) in [6.45, 7) is 0. The maximum atomic E-state index is 4.46. The second-order valence-electron chi connectivity index (χ2n) is 3.88. The minimum atomic E-state index is 0. The van der Waals surface area contributed by atoms with Gasteiger partial charge in [0.2, 0.25) is 0 Å². The van der Waals surface area contributed by atoms with E-state index >= 15 is 0 Å². The monoisotopic (exact) mass is 508 g/mol. The van der Waals surface area contributed by atoms with Crippen LogP contribution in [0.2, 0.25) is 0 Å². The Hall–Kier alpha value is -1.38. The van der Waals surface area contributed by atoms with E-state index in [4.69, 9.17) is 0 Å². The first kappa shape index (κ1) is 16.7. The van der Waals surface area contributed by atoms with Gasteiger partial charge in [0.05, 0.1) is 5.69 Å². The van der Waals surface area contributed by atoms with Crippen molar-refractivity contribution in [2.45, 2.75) is 0 Å². The third-order valence-electron chi connectivity index (χ3n) is 2.72. The zero-order valence-corrected chi connectivity index (χ0v) is 14.4. The van der Waals surface area contributed by atoms with Crippen LogP contribution >= 0.6 is 17.0 Å². The molecular formula is C15H12BrN3Pt. The molecule has 0 atom stereocenters. The normalized spacial score (nSPS) is 9.20. The van der Waals surface area contributed by atoms with Gasteiger partial charge in [0.1, 0.15) is 0 Å². The van der Waals surface area contributed by atoms with Crippen molar-refractivity contribution < 1.29 is 21.1 Å². The van der Waals surface area contributed by atoms with Gasteiger partial charge in [-0.15, -0.1) is 17.0 Å². The molecule has 0 saturated carbocycles. The van der Waals surface area contributed by atoms with Crippen LogP contribution in [-0.4, -0.2) is 15.0 Å². The zero-order chi connectivity index (χ0) is 12.2. The van der Waals surface area contributed by atoms with Crippen LogP contribution < -0.4 is 0 Å². The zero-order valence-electron chi connectivity index (χ0n) is 10.4. The van der Waals surface area contributed by atoms with Crippen molar-refractivity contribution in [2.75, 3.05) is 0 Å². The van der Waals surface area contributed by atoms with E-state index in [0.717, 1.165) is 22.4 Å². The number of pyridine rings is 3. The predicted molar refractivity (Wildman–Crippen MR) is 81.0 cm³/mol. The van der Waals surface area contributed by atoms with Gasteiger partial charge in [0.15, 0.2) is 0 Å². The Balaban J connectivity index is 0.000001000. The minimum Gasteiger partial charge on any atom is -0.264 e. The fraction of sp³-hybridized carbons (Fsp3) is 0. The summed E-state index contributed by atoms with van der Waals surface area (Å²) in [5.74, 6) is 0. The third-order valence-corrected chi connectivity index (χ3v) is 2.72. The summed E-state index contributed by atoms with van der Waals surface area (Å²) >= 11 is 0. The van der Waals surface area contributed by atoms with Crippen LogP contribution in [0.15, 0.2) is 67.4 Å². The molecule has 0 aliphatic carbocycles. The predicted octanol–water partition coefficient (Wildman–Crippen LogP) is 3.78. The van der Waals surface area contributed by atoms with Crippen molar-refractivity contribution in [1.29, 1.82) is 0 Å². The van der Waals surface area contributed by atoms with Gasteiger partial charge >= 0.3 is 0 Å². The number of halogens is 1. The van der Waals surface area contributed by atoms with Crippen LogP contribution in [0, 0.1) is 0 Å². The molecule has 0 spiro atoms. The first-order valence-corrected chi connectivity index (χ1v) is 5.71. The van der Waals surface area contributed by atoms with Crippen molar-refractivity contribution in [3.05, 3.63) is 67.4 Å². The number of hydrogen-bond acceptors (Lipinski definition) is 3. The summed E-state index contributed by atoms with van der Waals surface area (Å²) in [5, 5.41) is 0. The van der Waals surface area contributed by atoms with Crippen LogP contribution in [0.1, 0.15) is 0 Å². The number of rotatable bonds is 2. The smallest absolute Gasteiger partial charge is 0.0796 e. The summed E-state index contributed by atoms with van der Waals surface area (Å²) in [6.07, 6.45) is 8.99. The van der Waals surface area contributed by atoms with Crippen molar-refractivity contribution in [3.8, 4) is 22.4 Å². The Morgan fingerprint density at radius 2 is 1.30 bits per heavy atom. The van der Waals surface area contributed by atoms with Crippen molar-refractivity contribution in [2.24, 2.45) is 0 Å². The Morgan fingerprint density at radius 3 is 1.90 bits per heavy atom. The molecule has 0 aliphatic rings. The van der Waals surface area contributed by atoms with E-state index in [0.29, 0.717) is 0 Å². The largest absolute Gasteiger partial charge is 0.264 e. The average molecular weight is 509 g/mol. The summed E-state index contributed by atoms with van der Waals surface area (Å²) < 4.78 is 0. The molecule has 0 radical (unpaired) electrons. The van der Waals surface area contributed by atoms with Crippen LogP contribution in [0.3, 0.4) is 0 Å². The van der Waals surface area contributed by atoms with Gasteiger partial charge < -0.3 is 0 Å². The number of nitrogens with zero attached hydrogens (tertiary/aromatic N) is 3. The maximum absolute atomic E-state index is 4.46. The Morgan fingerprint density at radius 1 is 0.700 bits per heavy atom. The molecule has 104 valence electrons. The van der Waals surface area contributed by atoms with Crippen LogP contribution in [0.4, 0.5) is 0 Å². The molecule has 0 aliphatic heterocycles. The van der Waals surface area contributed by atoms with E-state index in [1.54, 1.807) is 18.6 Å². The first-order chi connectivity index (χ1) is 8.95. The summed E-state index contributed by atoms with van der Waals surface area (Å²) in [6, 6.07) is 11.9. The van der Waals surface area contributed by atoms with E-state index in [-0.39, 0.29) is 38.0 Å². The van der Waals surface area contributed by atoms with Gasteiger partial charge in [0.25, 0.3) is 0 Å². The van der Waals surface area contributed by atoms with Crippen LogP contribution in [0.5, 0.6) is 0 Å².